The average Bonchev–Trinajstić information content (AvgIpc) is 2.77. The van der Waals surface area contributed by atoms with Gasteiger partial charge in [-0.3, -0.25) is 0 Å². The van der Waals surface area contributed by atoms with E-state index in [9.17, 15) is 22.8 Å². The minimum Gasteiger partial charge on any atom is -0.479 e. The Hall–Kier alpha value is -1.77. The van der Waals surface area contributed by atoms with Crippen LogP contribution in [0.15, 0.2) is 12.7 Å². The number of hydrogen-bond donors (Lipinski definition) is 2. The van der Waals surface area contributed by atoms with Crippen LogP contribution in [0.1, 0.15) is 12.8 Å². The lowest BCUT2D eigenvalue weighted by molar-refractivity contribution is -0.221. The van der Waals surface area contributed by atoms with Crippen molar-refractivity contribution in [3.05, 3.63) is 12.7 Å². The predicted molar refractivity (Wildman–Crippen MR) is 57.9 cm³/mol. The Kier molecular flexibility index (Phi) is 3.20. The molecule has 112 valence electrons. The highest BCUT2D eigenvalue weighted by Crippen LogP contribution is 2.59. The molecule has 0 radical (unpaired) electrons. The third-order valence-corrected chi connectivity index (χ3v) is 3.42. The fourth-order valence-electron chi connectivity index (χ4n) is 2.68. The first-order valence-electron chi connectivity index (χ1n) is 5.69. The van der Waals surface area contributed by atoms with Crippen molar-refractivity contribution in [2.24, 2.45) is 0 Å². The molecule has 2 saturated heterocycles. The first-order valence-corrected chi connectivity index (χ1v) is 5.69. The molecule has 0 aromatic carbocycles. The van der Waals surface area contributed by atoms with Gasteiger partial charge in [-0.15, -0.1) is 0 Å². The smallest absolute Gasteiger partial charge is 0.416 e. The third-order valence-electron chi connectivity index (χ3n) is 3.42. The molecule has 0 spiro atoms. The number of carbonyl (C=O) groups excluding carboxylic acids is 1. The fourth-order valence-corrected chi connectivity index (χ4v) is 2.68. The zero-order chi connectivity index (χ0) is 15.2. The quantitative estimate of drug-likeness (QED) is 0.762. The van der Waals surface area contributed by atoms with E-state index in [2.05, 4.69) is 21.4 Å². The molecule has 3 fully saturated rings. The lowest BCUT2D eigenvalue weighted by Crippen LogP contribution is -2.65. The van der Waals surface area contributed by atoms with Crippen LogP contribution in [0.5, 0.6) is 0 Å². The van der Waals surface area contributed by atoms with Gasteiger partial charge >= 0.3 is 18.2 Å². The van der Waals surface area contributed by atoms with E-state index in [0.717, 1.165) is 0 Å². The second-order valence-corrected chi connectivity index (χ2v) is 4.86. The van der Waals surface area contributed by atoms with Crippen LogP contribution in [0.25, 0.3) is 0 Å². The van der Waals surface area contributed by atoms with Crippen molar-refractivity contribution in [2.75, 3.05) is 6.61 Å². The maximum atomic E-state index is 12.9. The SMILES string of the molecule is C=CCOC(=O)NC12CC(C(=O)O)(C1)OC2C(F)(F)F. The molecule has 6 nitrogen and oxygen atoms in total. The van der Waals surface area contributed by atoms with Gasteiger partial charge in [0.25, 0.3) is 0 Å². The standard InChI is InChI=1S/C11H12F3NO5/c1-2-3-19-8(18)15-9-4-10(5-9,7(16)17)20-6(9)11(12,13)14/h2,6H,1,3-5H2,(H,15,18)(H,16,17). The van der Waals surface area contributed by atoms with E-state index in [-0.39, 0.29) is 6.61 Å². The Morgan fingerprint density at radius 2 is 2.10 bits per heavy atom. The van der Waals surface area contributed by atoms with Crippen LogP contribution < -0.4 is 5.32 Å². The molecule has 1 atom stereocenters. The van der Waals surface area contributed by atoms with Crippen LogP contribution >= 0.6 is 0 Å². The van der Waals surface area contributed by atoms with Gasteiger partial charge in [-0.25, -0.2) is 9.59 Å². The lowest BCUT2D eigenvalue weighted by atomic mass is 9.66. The van der Waals surface area contributed by atoms with E-state index in [1.807, 2.05) is 0 Å². The van der Waals surface area contributed by atoms with Crippen LogP contribution in [0.3, 0.4) is 0 Å². The molecule has 2 aliphatic heterocycles. The van der Waals surface area contributed by atoms with Gasteiger partial charge < -0.3 is 19.9 Å². The van der Waals surface area contributed by atoms with Crippen LogP contribution in [0, 0.1) is 0 Å². The van der Waals surface area contributed by atoms with E-state index in [1.165, 1.54) is 6.08 Å². The molecule has 2 N–H and O–H groups in total. The molecule has 1 amide bonds. The summed E-state index contributed by atoms with van der Waals surface area (Å²) >= 11 is 0. The van der Waals surface area contributed by atoms with Crippen molar-refractivity contribution in [1.82, 2.24) is 5.32 Å². The first kappa shape index (κ1) is 14.6. The molecule has 1 saturated carbocycles. The fraction of sp³-hybridized carbons (Fsp3) is 0.636. The topological polar surface area (TPSA) is 84.9 Å². The second-order valence-electron chi connectivity index (χ2n) is 4.86. The Bertz CT molecular complexity index is 455. The van der Waals surface area contributed by atoms with Gasteiger partial charge in [-0.2, -0.15) is 13.2 Å². The normalized spacial score (nSPS) is 35.0. The Balaban J connectivity index is 2.15. The lowest BCUT2D eigenvalue weighted by Gasteiger charge is -2.42. The third kappa shape index (κ3) is 2.11. The second kappa shape index (κ2) is 4.37. The van der Waals surface area contributed by atoms with Gasteiger partial charge in [-0.1, -0.05) is 12.7 Å². The number of carbonyl (C=O) groups is 2. The van der Waals surface area contributed by atoms with Crippen molar-refractivity contribution in [3.8, 4) is 0 Å². The Labute approximate surface area is 111 Å². The van der Waals surface area contributed by atoms with Gasteiger partial charge in [0.2, 0.25) is 0 Å². The van der Waals surface area contributed by atoms with Gasteiger partial charge in [0.15, 0.2) is 11.7 Å². The number of carboxylic acid groups (broad SMARTS) is 1. The summed E-state index contributed by atoms with van der Waals surface area (Å²) in [5, 5.41) is 11.0. The number of alkyl carbamates (subject to hydrolysis) is 1. The van der Waals surface area contributed by atoms with E-state index in [4.69, 9.17) is 5.11 Å². The maximum Gasteiger partial charge on any atom is 0.416 e. The summed E-state index contributed by atoms with van der Waals surface area (Å²) in [6.07, 6.45) is -7.83. The highest BCUT2D eigenvalue weighted by molar-refractivity contribution is 5.82. The summed E-state index contributed by atoms with van der Waals surface area (Å²) in [6.45, 7) is 3.13. The van der Waals surface area contributed by atoms with E-state index >= 15 is 0 Å². The summed E-state index contributed by atoms with van der Waals surface area (Å²) in [4.78, 5) is 22.4. The molecule has 1 aliphatic carbocycles. The van der Waals surface area contributed by atoms with Crippen LogP contribution in [-0.2, 0) is 14.3 Å². The molecular formula is C11H12F3NO5. The number of halogens is 3. The summed E-state index contributed by atoms with van der Waals surface area (Å²) in [5.74, 6) is -1.47. The summed E-state index contributed by atoms with van der Waals surface area (Å²) in [7, 11) is 0. The molecule has 3 rings (SSSR count). The number of aliphatic carboxylic acids is 1. The summed E-state index contributed by atoms with van der Waals surface area (Å²) < 4.78 is 47.9. The molecule has 3 aliphatic rings. The minimum absolute atomic E-state index is 0.163. The van der Waals surface area contributed by atoms with Crippen molar-refractivity contribution in [3.63, 3.8) is 0 Å². The monoisotopic (exact) mass is 295 g/mol. The van der Waals surface area contributed by atoms with Crippen molar-refractivity contribution in [1.29, 1.82) is 0 Å². The minimum atomic E-state index is -4.78. The van der Waals surface area contributed by atoms with Crippen LogP contribution in [0.2, 0.25) is 0 Å². The van der Waals surface area contributed by atoms with Crippen molar-refractivity contribution >= 4 is 12.1 Å². The number of ether oxygens (including phenoxy) is 2. The number of nitrogens with one attached hydrogen (secondary N) is 1. The van der Waals surface area contributed by atoms with Gasteiger partial charge in [-0.05, 0) is 0 Å². The van der Waals surface area contributed by atoms with Crippen LogP contribution in [-0.4, -0.2) is 47.2 Å². The van der Waals surface area contributed by atoms with E-state index in [0.29, 0.717) is 0 Å². The highest BCUT2D eigenvalue weighted by atomic mass is 19.4. The van der Waals surface area contributed by atoms with Gasteiger partial charge in [0.1, 0.15) is 6.61 Å². The van der Waals surface area contributed by atoms with Crippen molar-refractivity contribution < 1.29 is 37.3 Å². The number of fused-ring (bicyclic) bond motifs is 1. The molecule has 20 heavy (non-hydrogen) atoms. The number of hydrogen-bond acceptors (Lipinski definition) is 4. The average molecular weight is 295 g/mol. The number of carboxylic acids is 1. The molecule has 9 heteroatoms. The zero-order valence-electron chi connectivity index (χ0n) is 10.2. The molecule has 0 aromatic heterocycles. The maximum absolute atomic E-state index is 12.9. The Morgan fingerprint density at radius 3 is 2.55 bits per heavy atom. The van der Waals surface area contributed by atoms with Crippen LogP contribution in [0.4, 0.5) is 18.0 Å². The number of amides is 1. The molecule has 1 unspecified atom stereocenters. The molecular weight excluding hydrogens is 283 g/mol. The Morgan fingerprint density at radius 1 is 1.50 bits per heavy atom. The van der Waals surface area contributed by atoms with E-state index < -0.39 is 48.3 Å². The zero-order valence-corrected chi connectivity index (χ0v) is 10.2. The number of alkyl halides is 3. The molecule has 0 aromatic rings. The number of rotatable bonds is 4. The van der Waals surface area contributed by atoms with Gasteiger partial charge in [0.05, 0.1) is 5.54 Å². The predicted octanol–water partition coefficient (Wildman–Crippen LogP) is 1.22. The molecule has 2 heterocycles. The van der Waals surface area contributed by atoms with Gasteiger partial charge in [0, 0.05) is 12.8 Å². The molecule has 2 bridgehead atoms. The summed E-state index contributed by atoms with van der Waals surface area (Å²) in [6, 6.07) is 0. The largest absolute Gasteiger partial charge is 0.479 e. The first-order chi connectivity index (χ1) is 9.15. The van der Waals surface area contributed by atoms with Crippen molar-refractivity contribution in [2.45, 2.75) is 36.3 Å². The van der Waals surface area contributed by atoms with E-state index in [1.54, 1.807) is 0 Å². The summed E-state index contributed by atoms with van der Waals surface area (Å²) in [5.41, 5.74) is -3.67. The highest BCUT2D eigenvalue weighted by Gasteiger charge is 2.78.